The van der Waals surface area contributed by atoms with Crippen LogP contribution in [-0.4, -0.2) is 24.6 Å². The van der Waals surface area contributed by atoms with E-state index in [9.17, 15) is 12.8 Å². The van der Waals surface area contributed by atoms with Crippen molar-refractivity contribution in [2.75, 3.05) is 4.72 Å². The lowest BCUT2D eigenvalue weighted by atomic mass is 10.0. The van der Waals surface area contributed by atoms with Crippen LogP contribution in [0.25, 0.3) is 11.0 Å². The van der Waals surface area contributed by atoms with Crippen molar-refractivity contribution >= 4 is 44.6 Å². The van der Waals surface area contributed by atoms with Crippen LogP contribution >= 0.6 is 11.6 Å². The number of anilines is 1. The summed E-state index contributed by atoms with van der Waals surface area (Å²) in [6, 6.07) is 3.67. The fourth-order valence-electron chi connectivity index (χ4n) is 3.14. The minimum absolute atomic E-state index is 0.0414. The van der Waals surface area contributed by atoms with E-state index in [2.05, 4.69) is 19.7 Å². The summed E-state index contributed by atoms with van der Waals surface area (Å²) in [5.41, 5.74) is 0.428. The van der Waals surface area contributed by atoms with E-state index >= 15 is 4.39 Å². The van der Waals surface area contributed by atoms with Gasteiger partial charge < -0.3 is 4.98 Å². The average molecular weight is 437 g/mol. The third kappa shape index (κ3) is 3.75. The first-order chi connectivity index (χ1) is 13.9. The Morgan fingerprint density at radius 1 is 1.24 bits per heavy atom. The summed E-state index contributed by atoms with van der Waals surface area (Å²) in [4.78, 5) is 10.9. The van der Waals surface area contributed by atoms with E-state index in [-0.39, 0.29) is 29.0 Å². The summed E-state index contributed by atoms with van der Waals surface area (Å²) in [6.07, 6.45) is 6.50. The van der Waals surface area contributed by atoms with Crippen LogP contribution in [0, 0.1) is 11.6 Å². The SMILES string of the molecule is O=S(=O)(Nc1ccc(F)c(Cc2c[nH]c3nccc(Cl)c23)c1F)C1=CN=CCC1. The maximum absolute atomic E-state index is 15.0. The summed E-state index contributed by atoms with van der Waals surface area (Å²) < 4.78 is 56.6. The Morgan fingerprint density at radius 3 is 2.83 bits per heavy atom. The lowest BCUT2D eigenvalue weighted by Gasteiger charge is -2.14. The van der Waals surface area contributed by atoms with Crippen LogP contribution in [0.1, 0.15) is 24.0 Å². The van der Waals surface area contributed by atoms with Gasteiger partial charge in [0.25, 0.3) is 10.0 Å². The molecule has 0 amide bonds. The molecule has 2 N–H and O–H groups in total. The first kappa shape index (κ1) is 19.5. The Hall–Kier alpha value is -2.78. The van der Waals surface area contributed by atoms with Gasteiger partial charge in [-0.15, -0.1) is 0 Å². The van der Waals surface area contributed by atoms with Crippen molar-refractivity contribution < 1.29 is 17.2 Å². The summed E-state index contributed by atoms with van der Waals surface area (Å²) in [6.45, 7) is 0. The van der Waals surface area contributed by atoms with Crippen LogP contribution < -0.4 is 4.72 Å². The van der Waals surface area contributed by atoms with Crippen molar-refractivity contribution in [2.45, 2.75) is 19.3 Å². The molecule has 2 aromatic heterocycles. The Labute approximate surface area is 170 Å². The third-order valence-corrected chi connectivity index (χ3v) is 6.39. The van der Waals surface area contributed by atoms with Gasteiger partial charge in [-0.1, -0.05) is 11.6 Å². The first-order valence-corrected chi connectivity index (χ1v) is 10.5. The van der Waals surface area contributed by atoms with Gasteiger partial charge in [-0.3, -0.25) is 9.71 Å². The van der Waals surface area contributed by atoms with Crippen molar-refractivity contribution in [3.63, 3.8) is 0 Å². The number of halogens is 3. The molecular weight excluding hydrogens is 422 g/mol. The van der Waals surface area contributed by atoms with Crippen molar-refractivity contribution in [3.8, 4) is 0 Å². The highest BCUT2D eigenvalue weighted by Crippen LogP contribution is 2.31. The van der Waals surface area contributed by atoms with Crippen molar-refractivity contribution in [2.24, 2.45) is 4.99 Å². The maximum atomic E-state index is 15.0. The minimum atomic E-state index is -3.99. The summed E-state index contributed by atoms with van der Waals surface area (Å²) >= 11 is 6.20. The number of aromatic nitrogens is 2. The number of aliphatic imine (C=N–C) groups is 1. The summed E-state index contributed by atoms with van der Waals surface area (Å²) in [5.74, 6) is -1.77. The second kappa shape index (κ2) is 7.57. The predicted molar refractivity (Wildman–Crippen MR) is 109 cm³/mol. The van der Waals surface area contributed by atoms with E-state index in [4.69, 9.17) is 11.6 Å². The molecule has 0 saturated carbocycles. The monoisotopic (exact) mass is 436 g/mol. The van der Waals surface area contributed by atoms with Crippen LogP contribution in [0.2, 0.25) is 5.02 Å². The van der Waals surface area contributed by atoms with E-state index in [1.807, 2.05) is 0 Å². The lowest BCUT2D eigenvalue weighted by Crippen LogP contribution is -2.17. The highest BCUT2D eigenvalue weighted by Gasteiger charge is 2.23. The zero-order valence-corrected chi connectivity index (χ0v) is 16.5. The van der Waals surface area contributed by atoms with Gasteiger partial charge in [-0.25, -0.2) is 22.2 Å². The van der Waals surface area contributed by atoms with Crippen molar-refractivity contribution in [3.05, 3.63) is 69.5 Å². The molecular formula is C19H15ClF2N4O2S. The van der Waals surface area contributed by atoms with Gasteiger partial charge in [0.1, 0.15) is 11.5 Å². The van der Waals surface area contributed by atoms with Gasteiger partial charge in [0.2, 0.25) is 0 Å². The average Bonchev–Trinajstić information content (AvgIpc) is 3.12. The van der Waals surface area contributed by atoms with Gasteiger partial charge in [0.15, 0.2) is 5.82 Å². The molecule has 3 heterocycles. The van der Waals surface area contributed by atoms with Gasteiger partial charge in [-0.2, -0.15) is 0 Å². The number of rotatable bonds is 5. The quantitative estimate of drug-likeness (QED) is 0.615. The molecule has 10 heteroatoms. The molecule has 0 atom stereocenters. The van der Waals surface area contributed by atoms with Crippen molar-refractivity contribution in [1.29, 1.82) is 0 Å². The molecule has 0 unspecified atom stereocenters. The highest BCUT2D eigenvalue weighted by molar-refractivity contribution is 7.96. The number of aromatic amines is 1. The second-order valence-electron chi connectivity index (χ2n) is 6.47. The van der Waals surface area contributed by atoms with Gasteiger partial charge in [-0.05, 0) is 36.6 Å². The van der Waals surface area contributed by atoms with Crippen LogP contribution in [0.4, 0.5) is 14.5 Å². The van der Waals surface area contributed by atoms with E-state index < -0.39 is 21.7 Å². The van der Waals surface area contributed by atoms with Gasteiger partial charge in [0.05, 0.1) is 15.6 Å². The zero-order chi connectivity index (χ0) is 20.6. The minimum Gasteiger partial charge on any atom is -0.346 e. The van der Waals surface area contributed by atoms with E-state index in [0.717, 1.165) is 12.1 Å². The molecule has 0 aliphatic carbocycles. The smallest absolute Gasteiger partial charge is 0.259 e. The number of H-pyrrole nitrogens is 1. The molecule has 0 fully saturated rings. The number of fused-ring (bicyclic) bond motifs is 1. The van der Waals surface area contributed by atoms with Crippen LogP contribution in [0.15, 0.2) is 46.7 Å². The number of nitrogens with zero attached hydrogens (tertiary/aromatic N) is 2. The number of sulfonamides is 1. The highest BCUT2D eigenvalue weighted by atomic mass is 35.5. The molecule has 6 nitrogen and oxygen atoms in total. The number of hydrogen-bond acceptors (Lipinski definition) is 4. The Kier molecular flexibility index (Phi) is 5.10. The fourth-order valence-corrected chi connectivity index (χ4v) is 4.58. The lowest BCUT2D eigenvalue weighted by molar-refractivity contribution is 0.563. The normalized spacial score (nSPS) is 14.2. The maximum Gasteiger partial charge on any atom is 0.259 e. The molecule has 0 spiro atoms. The number of pyridine rings is 1. The number of hydrogen-bond donors (Lipinski definition) is 2. The largest absolute Gasteiger partial charge is 0.346 e. The van der Waals surface area contributed by atoms with E-state index in [1.165, 1.54) is 12.4 Å². The first-order valence-electron chi connectivity index (χ1n) is 8.67. The molecule has 0 radical (unpaired) electrons. The molecule has 1 aliphatic rings. The fraction of sp³-hybridized carbons (Fsp3) is 0.158. The molecule has 3 aromatic rings. The van der Waals surface area contributed by atoms with Gasteiger partial charge in [0, 0.05) is 42.2 Å². The zero-order valence-electron chi connectivity index (χ0n) is 14.9. The number of nitrogens with one attached hydrogen (secondary N) is 2. The van der Waals surface area contributed by atoms with Crippen LogP contribution in [0.5, 0.6) is 0 Å². The molecule has 4 rings (SSSR count). The molecule has 29 heavy (non-hydrogen) atoms. The van der Waals surface area contributed by atoms with Gasteiger partial charge >= 0.3 is 0 Å². The summed E-state index contributed by atoms with van der Waals surface area (Å²) in [5, 5.41) is 0.956. The predicted octanol–water partition coefficient (Wildman–Crippen LogP) is 4.53. The molecule has 0 saturated heterocycles. The molecule has 0 bridgehead atoms. The van der Waals surface area contributed by atoms with Crippen molar-refractivity contribution in [1.82, 2.24) is 9.97 Å². The second-order valence-corrected chi connectivity index (χ2v) is 8.61. The third-order valence-electron chi connectivity index (χ3n) is 4.59. The Morgan fingerprint density at radius 2 is 2.07 bits per heavy atom. The molecule has 150 valence electrons. The number of allylic oxidation sites excluding steroid dienone is 1. The summed E-state index contributed by atoms with van der Waals surface area (Å²) in [7, 11) is -3.99. The topological polar surface area (TPSA) is 87.2 Å². The Bertz CT molecular complexity index is 1270. The van der Waals surface area contributed by atoms with E-state index in [0.29, 0.717) is 28.0 Å². The Balaban J connectivity index is 1.70. The van der Waals surface area contributed by atoms with E-state index in [1.54, 1.807) is 18.5 Å². The number of benzene rings is 1. The molecule has 1 aromatic carbocycles. The standard InChI is InChI=1S/C19H15ClF2N4O2S/c20-14-5-7-24-19-17(14)11(9-25-19)8-13-15(21)3-4-16(18(13)22)26-29(27,28)12-2-1-6-23-10-12/h3-7,9-10,26H,1-2,8H2,(H,24,25). The van der Waals surface area contributed by atoms with Crippen LogP contribution in [-0.2, 0) is 16.4 Å². The molecule has 1 aliphatic heterocycles. The van der Waals surface area contributed by atoms with Crippen LogP contribution in [0.3, 0.4) is 0 Å².